The van der Waals surface area contributed by atoms with Crippen LogP contribution in [0.25, 0.3) is 0 Å². The molecule has 4 bridgehead atoms. The molecule has 0 spiro atoms. The maximum atomic E-state index is 5.69. The first-order chi connectivity index (χ1) is 10.1. The number of anilines is 1. The minimum atomic E-state index is 0.248. The topological polar surface area (TPSA) is 63.8 Å². The molecule has 1 aromatic rings. The highest BCUT2D eigenvalue weighted by atomic mass is 15.3. The molecule has 4 aliphatic carbocycles. The molecule has 0 unspecified atom stereocenters. The Morgan fingerprint density at radius 2 is 1.67 bits per heavy atom. The summed E-state index contributed by atoms with van der Waals surface area (Å²) in [7, 11) is 0. The van der Waals surface area contributed by atoms with Crippen molar-refractivity contribution in [3.63, 3.8) is 0 Å². The minimum Gasteiger partial charge on any atom is -0.308 e. The van der Waals surface area contributed by atoms with Crippen LogP contribution in [0.15, 0.2) is 0 Å². The third-order valence-corrected chi connectivity index (χ3v) is 6.23. The van der Waals surface area contributed by atoms with Crippen molar-refractivity contribution < 1.29 is 0 Å². The number of nitrogens with zero attached hydrogens (tertiary/aromatic N) is 2. The minimum absolute atomic E-state index is 0.248. The first kappa shape index (κ1) is 13.5. The molecule has 4 saturated carbocycles. The van der Waals surface area contributed by atoms with E-state index in [2.05, 4.69) is 19.3 Å². The van der Waals surface area contributed by atoms with Gasteiger partial charge in [0.05, 0.1) is 0 Å². The van der Waals surface area contributed by atoms with E-state index in [0.29, 0.717) is 0 Å². The second-order valence-corrected chi connectivity index (χ2v) is 7.66. The van der Waals surface area contributed by atoms with Crippen molar-refractivity contribution in [1.82, 2.24) is 9.97 Å². The Labute approximate surface area is 126 Å². The number of nitrogens with one attached hydrogen (secondary N) is 1. The van der Waals surface area contributed by atoms with E-state index in [4.69, 9.17) is 15.8 Å². The van der Waals surface area contributed by atoms with Crippen LogP contribution in [0.4, 0.5) is 5.82 Å². The quantitative estimate of drug-likeness (QED) is 0.662. The van der Waals surface area contributed by atoms with Crippen LogP contribution in [0.3, 0.4) is 0 Å². The Hall–Kier alpha value is -1.16. The van der Waals surface area contributed by atoms with Crippen molar-refractivity contribution in [1.29, 1.82) is 0 Å². The van der Waals surface area contributed by atoms with Crippen molar-refractivity contribution in [3.8, 4) is 0 Å². The Bertz CT molecular complexity index is 506. The van der Waals surface area contributed by atoms with E-state index < -0.39 is 0 Å². The average Bonchev–Trinajstić information content (AvgIpc) is 2.46. The molecule has 0 saturated heterocycles. The molecule has 0 radical (unpaired) electrons. The number of aryl methyl sites for hydroxylation is 1. The van der Waals surface area contributed by atoms with Crippen molar-refractivity contribution >= 4 is 5.82 Å². The number of rotatable bonds is 3. The molecule has 4 heteroatoms. The van der Waals surface area contributed by atoms with Gasteiger partial charge in [0.25, 0.3) is 0 Å². The summed E-state index contributed by atoms with van der Waals surface area (Å²) >= 11 is 0. The molecular formula is C17H26N4. The standard InChI is InChI=1S/C17H26N4/c1-3-14-10(2)15(21-18)20-16(19-14)17-7-11-4-12(8-17)6-13(5-11)9-17/h11-13H,3-9,18H2,1-2H3,(H,19,20,21). The van der Waals surface area contributed by atoms with E-state index in [-0.39, 0.29) is 5.41 Å². The average molecular weight is 286 g/mol. The van der Waals surface area contributed by atoms with Crippen LogP contribution in [0, 0.1) is 24.7 Å². The van der Waals surface area contributed by atoms with Crippen molar-refractivity contribution in [2.24, 2.45) is 23.6 Å². The first-order valence-electron chi connectivity index (χ1n) is 8.48. The van der Waals surface area contributed by atoms with Crippen LogP contribution >= 0.6 is 0 Å². The molecular weight excluding hydrogens is 260 g/mol. The fraction of sp³-hybridized carbons (Fsp3) is 0.765. The van der Waals surface area contributed by atoms with Crippen LogP contribution < -0.4 is 11.3 Å². The Morgan fingerprint density at radius 3 is 2.14 bits per heavy atom. The Morgan fingerprint density at radius 1 is 1.10 bits per heavy atom. The van der Waals surface area contributed by atoms with Crippen LogP contribution in [0.1, 0.15) is 62.5 Å². The lowest BCUT2D eigenvalue weighted by molar-refractivity contribution is -0.00943. The third-order valence-electron chi connectivity index (χ3n) is 6.23. The Kier molecular flexibility index (Phi) is 3.00. The summed E-state index contributed by atoms with van der Waals surface area (Å²) in [6.45, 7) is 4.23. The summed E-state index contributed by atoms with van der Waals surface area (Å²) in [4.78, 5) is 9.82. The molecule has 4 aliphatic rings. The number of hydrazine groups is 1. The zero-order valence-electron chi connectivity index (χ0n) is 13.2. The molecule has 4 nitrogen and oxygen atoms in total. The number of nitrogen functional groups attached to an aromatic ring is 1. The van der Waals surface area contributed by atoms with Gasteiger partial charge in [0, 0.05) is 16.7 Å². The lowest BCUT2D eigenvalue weighted by Crippen LogP contribution is -2.49. The summed E-state index contributed by atoms with van der Waals surface area (Å²) in [6.07, 6.45) is 9.21. The lowest BCUT2D eigenvalue weighted by Gasteiger charge is -2.56. The molecule has 21 heavy (non-hydrogen) atoms. The van der Waals surface area contributed by atoms with E-state index in [1.807, 2.05) is 0 Å². The molecule has 4 fully saturated rings. The monoisotopic (exact) mass is 286 g/mol. The van der Waals surface area contributed by atoms with Gasteiger partial charge in [0.1, 0.15) is 11.6 Å². The molecule has 1 aromatic heterocycles. The number of hydrogen-bond acceptors (Lipinski definition) is 4. The summed E-state index contributed by atoms with van der Waals surface area (Å²) in [5, 5.41) is 0. The zero-order valence-corrected chi connectivity index (χ0v) is 13.2. The molecule has 0 aliphatic heterocycles. The lowest BCUT2D eigenvalue weighted by atomic mass is 9.49. The van der Waals surface area contributed by atoms with Crippen molar-refractivity contribution in [2.75, 3.05) is 5.43 Å². The molecule has 0 aromatic carbocycles. The van der Waals surface area contributed by atoms with Crippen molar-refractivity contribution in [3.05, 3.63) is 17.1 Å². The summed E-state index contributed by atoms with van der Waals surface area (Å²) in [5.74, 6) is 10.4. The molecule has 0 amide bonds. The number of hydrogen-bond donors (Lipinski definition) is 2. The second-order valence-electron chi connectivity index (χ2n) is 7.66. The van der Waals surface area contributed by atoms with Crippen LogP contribution in [-0.2, 0) is 11.8 Å². The van der Waals surface area contributed by atoms with E-state index in [1.165, 1.54) is 38.5 Å². The second kappa shape index (κ2) is 4.67. The van der Waals surface area contributed by atoms with Crippen LogP contribution in [0.2, 0.25) is 0 Å². The smallest absolute Gasteiger partial charge is 0.146 e. The first-order valence-corrected chi connectivity index (χ1v) is 8.48. The van der Waals surface area contributed by atoms with Crippen LogP contribution in [-0.4, -0.2) is 9.97 Å². The highest BCUT2D eigenvalue weighted by Crippen LogP contribution is 2.60. The van der Waals surface area contributed by atoms with Gasteiger partial charge in [-0.1, -0.05) is 6.92 Å². The van der Waals surface area contributed by atoms with E-state index in [9.17, 15) is 0 Å². The Balaban J connectivity index is 1.79. The predicted molar refractivity (Wildman–Crippen MR) is 83.8 cm³/mol. The van der Waals surface area contributed by atoms with Gasteiger partial charge in [0.15, 0.2) is 0 Å². The molecule has 0 atom stereocenters. The molecule has 1 heterocycles. The van der Waals surface area contributed by atoms with E-state index in [1.54, 1.807) is 0 Å². The fourth-order valence-electron chi connectivity index (χ4n) is 5.67. The summed E-state index contributed by atoms with van der Waals surface area (Å²) in [5.41, 5.74) is 5.30. The van der Waals surface area contributed by atoms with Gasteiger partial charge in [-0.25, -0.2) is 15.8 Å². The molecule has 5 rings (SSSR count). The van der Waals surface area contributed by atoms with Gasteiger partial charge in [-0.05, 0) is 69.6 Å². The molecule has 3 N–H and O–H groups in total. The van der Waals surface area contributed by atoms with Gasteiger partial charge in [-0.2, -0.15) is 0 Å². The maximum absolute atomic E-state index is 5.69. The van der Waals surface area contributed by atoms with Gasteiger partial charge in [0.2, 0.25) is 0 Å². The zero-order chi connectivity index (χ0) is 14.6. The van der Waals surface area contributed by atoms with Gasteiger partial charge < -0.3 is 5.43 Å². The highest BCUT2D eigenvalue weighted by molar-refractivity contribution is 5.45. The maximum Gasteiger partial charge on any atom is 0.146 e. The molecule has 114 valence electrons. The fourth-order valence-corrected chi connectivity index (χ4v) is 5.67. The number of aromatic nitrogens is 2. The van der Waals surface area contributed by atoms with E-state index in [0.717, 1.165) is 47.1 Å². The SMILES string of the molecule is CCc1nc(C23CC4CC(CC(C4)C2)C3)nc(NN)c1C. The third kappa shape index (κ3) is 1.99. The largest absolute Gasteiger partial charge is 0.308 e. The summed E-state index contributed by atoms with van der Waals surface area (Å²) < 4.78 is 0. The number of nitrogens with two attached hydrogens (primary N) is 1. The van der Waals surface area contributed by atoms with Gasteiger partial charge in [-0.3, -0.25) is 0 Å². The van der Waals surface area contributed by atoms with Crippen LogP contribution in [0.5, 0.6) is 0 Å². The highest BCUT2D eigenvalue weighted by Gasteiger charge is 2.53. The van der Waals surface area contributed by atoms with E-state index >= 15 is 0 Å². The summed E-state index contributed by atoms with van der Waals surface area (Å²) in [6, 6.07) is 0. The van der Waals surface area contributed by atoms with Gasteiger partial charge in [-0.15, -0.1) is 0 Å². The van der Waals surface area contributed by atoms with Gasteiger partial charge >= 0.3 is 0 Å². The normalized spacial score (nSPS) is 37.0. The van der Waals surface area contributed by atoms with Crippen molar-refractivity contribution in [2.45, 2.75) is 64.2 Å². The predicted octanol–water partition coefficient (Wildman–Crippen LogP) is 3.10.